The molecule has 0 aliphatic rings. The standard InChI is InChI=1S/C15H22N4O3S/c1-5-16-6-7-17-13(20)12-9(2)11-14(22-4)18-10(8-21-3)19-15(11)23-12/h16H,5-8H2,1-4H3,(H,17,20). The third kappa shape index (κ3) is 3.95. The van der Waals surface area contributed by atoms with Crippen molar-refractivity contribution in [2.45, 2.75) is 20.5 Å². The van der Waals surface area contributed by atoms with Crippen molar-refractivity contribution in [2.75, 3.05) is 33.9 Å². The molecule has 2 heterocycles. The third-order valence-electron chi connectivity index (χ3n) is 3.31. The van der Waals surface area contributed by atoms with E-state index in [1.165, 1.54) is 11.3 Å². The van der Waals surface area contributed by atoms with Crippen molar-refractivity contribution < 1.29 is 14.3 Å². The van der Waals surface area contributed by atoms with Gasteiger partial charge in [-0.15, -0.1) is 11.3 Å². The highest BCUT2D eigenvalue weighted by Gasteiger charge is 2.20. The van der Waals surface area contributed by atoms with Gasteiger partial charge in [-0.2, -0.15) is 4.98 Å². The number of carbonyl (C=O) groups excluding carboxylic acids is 1. The lowest BCUT2D eigenvalue weighted by Gasteiger charge is -2.05. The molecule has 0 fully saturated rings. The van der Waals surface area contributed by atoms with Crippen molar-refractivity contribution in [3.63, 3.8) is 0 Å². The first-order valence-electron chi connectivity index (χ1n) is 7.44. The van der Waals surface area contributed by atoms with Gasteiger partial charge < -0.3 is 20.1 Å². The number of methoxy groups -OCH3 is 2. The molecule has 0 aliphatic heterocycles. The Morgan fingerprint density at radius 2 is 2.04 bits per heavy atom. The minimum atomic E-state index is -0.0984. The molecular weight excluding hydrogens is 316 g/mol. The van der Waals surface area contributed by atoms with Gasteiger partial charge in [0.1, 0.15) is 11.4 Å². The maximum absolute atomic E-state index is 12.4. The van der Waals surface area contributed by atoms with Crippen molar-refractivity contribution >= 4 is 27.5 Å². The molecule has 1 amide bonds. The molecule has 0 aliphatic carbocycles. The number of likely N-dealkylation sites (N-methyl/N-ethyl adjacent to an activating group) is 1. The second kappa shape index (κ2) is 8.19. The predicted octanol–water partition coefficient (Wildman–Crippen LogP) is 1.49. The van der Waals surface area contributed by atoms with Crippen LogP contribution in [0, 0.1) is 6.92 Å². The van der Waals surface area contributed by atoms with Gasteiger partial charge in [0.15, 0.2) is 5.82 Å². The summed E-state index contributed by atoms with van der Waals surface area (Å²) in [5, 5.41) is 6.86. The van der Waals surface area contributed by atoms with Crippen LogP contribution in [0.1, 0.15) is 28.0 Å². The van der Waals surface area contributed by atoms with Crippen LogP contribution < -0.4 is 15.4 Å². The zero-order chi connectivity index (χ0) is 16.8. The average molecular weight is 338 g/mol. The van der Waals surface area contributed by atoms with E-state index in [9.17, 15) is 4.79 Å². The Morgan fingerprint density at radius 3 is 2.70 bits per heavy atom. The zero-order valence-corrected chi connectivity index (χ0v) is 14.7. The van der Waals surface area contributed by atoms with Crippen LogP contribution in [0.2, 0.25) is 0 Å². The van der Waals surface area contributed by atoms with Crippen LogP contribution in [0.3, 0.4) is 0 Å². The molecule has 0 saturated heterocycles. The van der Waals surface area contributed by atoms with Gasteiger partial charge in [-0.3, -0.25) is 4.79 Å². The third-order valence-corrected chi connectivity index (χ3v) is 4.50. The molecule has 8 heteroatoms. The lowest BCUT2D eigenvalue weighted by atomic mass is 10.2. The molecule has 2 aromatic rings. The summed E-state index contributed by atoms with van der Waals surface area (Å²) in [5.74, 6) is 0.915. The fraction of sp³-hybridized carbons (Fsp3) is 0.533. The summed E-state index contributed by atoms with van der Waals surface area (Å²) in [6.45, 7) is 6.42. The van der Waals surface area contributed by atoms with Crippen LogP contribution >= 0.6 is 11.3 Å². The Morgan fingerprint density at radius 1 is 1.26 bits per heavy atom. The largest absolute Gasteiger partial charge is 0.480 e. The van der Waals surface area contributed by atoms with E-state index in [4.69, 9.17) is 9.47 Å². The maximum atomic E-state index is 12.4. The number of aromatic nitrogens is 2. The molecule has 0 atom stereocenters. The van der Waals surface area contributed by atoms with E-state index in [0.29, 0.717) is 29.7 Å². The number of fused-ring (bicyclic) bond motifs is 1. The van der Waals surface area contributed by atoms with Crippen molar-refractivity contribution in [3.05, 3.63) is 16.3 Å². The summed E-state index contributed by atoms with van der Waals surface area (Å²) in [6.07, 6.45) is 0. The number of nitrogens with zero attached hydrogens (tertiary/aromatic N) is 2. The number of ether oxygens (including phenoxy) is 2. The van der Waals surface area contributed by atoms with Crippen LogP contribution in [0.4, 0.5) is 0 Å². The van der Waals surface area contributed by atoms with Gasteiger partial charge in [-0.1, -0.05) is 6.92 Å². The monoisotopic (exact) mass is 338 g/mol. The molecule has 2 rings (SSSR count). The van der Waals surface area contributed by atoms with Gasteiger partial charge >= 0.3 is 0 Å². The summed E-state index contributed by atoms with van der Waals surface area (Å²) >= 11 is 1.35. The minimum absolute atomic E-state index is 0.0984. The Hall–Kier alpha value is -1.77. The van der Waals surface area contributed by atoms with Gasteiger partial charge in [0.25, 0.3) is 5.91 Å². The van der Waals surface area contributed by atoms with Crippen molar-refractivity contribution in [1.29, 1.82) is 0 Å². The van der Waals surface area contributed by atoms with E-state index in [0.717, 1.165) is 28.9 Å². The van der Waals surface area contributed by atoms with Gasteiger partial charge in [-0.25, -0.2) is 4.98 Å². The van der Waals surface area contributed by atoms with Crippen LogP contribution in [0.25, 0.3) is 10.2 Å². The van der Waals surface area contributed by atoms with Crippen LogP contribution in [0.5, 0.6) is 5.88 Å². The summed E-state index contributed by atoms with van der Waals surface area (Å²) in [4.78, 5) is 22.5. The molecule has 0 radical (unpaired) electrons. The number of carbonyl (C=O) groups is 1. The van der Waals surface area contributed by atoms with E-state index in [-0.39, 0.29) is 5.91 Å². The van der Waals surface area contributed by atoms with Crippen LogP contribution in [0.15, 0.2) is 0 Å². The highest BCUT2D eigenvalue weighted by Crippen LogP contribution is 2.34. The van der Waals surface area contributed by atoms with E-state index in [2.05, 4.69) is 20.6 Å². The summed E-state index contributed by atoms with van der Waals surface area (Å²) in [7, 11) is 3.15. The quantitative estimate of drug-likeness (QED) is 0.710. The molecule has 23 heavy (non-hydrogen) atoms. The van der Waals surface area contributed by atoms with E-state index in [1.807, 2.05) is 13.8 Å². The summed E-state index contributed by atoms with van der Waals surface area (Å²) in [5.41, 5.74) is 0.840. The van der Waals surface area contributed by atoms with Gasteiger partial charge in [-0.05, 0) is 19.0 Å². The molecule has 0 bridgehead atoms. The molecule has 2 aromatic heterocycles. The van der Waals surface area contributed by atoms with Crippen LogP contribution in [-0.4, -0.2) is 49.7 Å². The average Bonchev–Trinajstić information content (AvgIpc) is 2.88. The number of aryl methyl sites for hydroxylation is 1. The molecule has 0 spiro atoms. The van der Waals surface area contributed by atoms with Gasteiger partial charge in [0.2, 0.25) is 5.88 Å². The minimum Gasteiger partial charge on any atom is -0.480 e. The van der Waals surface area contributed by atoms with Gasteiger partial charge in [0, 0.05) is 20.2 Å². The lowest BCUT2D eigenvalue weighted by Crippen LogP contribution is -2.31. The lowest BCUT2D eigenvalue weighted by molar-refractivity contribution is 0.0957. The van der Waals surface area contributed by atoms with E-state index >= 15 is 0 Å². The Kier molecular flexibility index (Phi) is 6.26. The molecule has 126 valence electrons. The summed E-state index contributed by atoms with van der Waals surface area (Å²) in [6, 6.07) is 0. The SMILES string of the molecule is CCNCCNC(=O)c1sc2nc(COC)nc(OC)c2c1C. The Balaban J connectivity index is 2.31. The first-order chi connectivity index (χ1) is 11.1. The molecule has 0 saturated carbocycles. The molecule has 2 N–H and O–H groups in total. The number of hydrogen-bond acceptors (Lipinski definition) is 7. The Bertz CT molecular complexity index is 687. The number of hydrogen-bond donors (Lipinski definition) is 2. The number of thiophene rings is 1. The van der Waals surface area contributed by atoms with E-state index < -0.39 is 0 Å². The molecule has 0 aromatic carbocycles. The molecule has 7 nitrogen and oxygen atoms in total. The molecule has 0 unspecified atom stereocenters. The highest BCUT2D eigenvalue weighted by molar-refractivity contribution is 7.20. The fourth-order valence-corrected chi connectivity index (χ4v) is 3.33. The van der Waals surface area contributed by atoms with Crippen molar-refractivity contribution in [2.24, 2.45) is 0 Å². The molecular formula is C15H22N4O3S. The van der Waals surface area contributed by atoms with Gasteiger partial charge in [0.05, 0.1) is 17.4 Å². The normalized spacial score (nSPS) is 11.0. The summed E-state index contributed by atoms with van der Waals surface area (Å²) < 4.78 is 10.4. The smallest absolute Gasteiger partial charge is 0.261 e. The zero-order valence-electron chi connectivity index (χ0n) is 13.9. The number of rotatable bonds is 8. The first-order valence-corrected chi connectivity index (χ1v) is 8.25. The highest BCUT2D eigenvalue weighted by atomic mass is 32.1. The van der Waals surface area contributed by atoms with Crippen molar-refractivity contribution in [3.8, 4) is 5.88 Å². The predicted molar refractivity (Wildman–Crippen MR) is 90.3 cm³/mol. The van der Waals surface area contributed by atoms with Crippen molar-refractivity contribution in [1.82, 2.24) is 20.6 Å². The fourth-order valence-electron chi connectivity index (χ4n) is 2.22. The second-order valence-corrected chi connectivity index (χ2v) is 5.93. The first kappa shape index (κ1) is 17.6. The second-order valence-electron chi connectivity index (χ2n) is 4.93. The van der Waals surface area contributed by atoms with Crippen LogP contribution in [-0.2, 0) is 11.3 Å². The topological polar surface area (TPSA) is 85.4 Å². The van der Waals surface area contributed by atoms with E-state index in [1.54, 1.807) is 14.2 Å². The number of nitrogens with one attached hydrogen (secondary N) is 2. The Labute approximate surface area is 139 Å². The maximum Gasteiger partial charge on any atom is 0.261 e. The number of amides is 1.